The maximum Gasteiger partial charge on any atom is 0.310 e. The van der Waals surface area contributed by atoms with E-state index in [1.54, 1.807) is 38.5 Å². The first-order valence-electron chi connectivity index (χ1n) is 11.4. The number of halogens is 1. The third kappa shape index (κ3) is 5.70. The van der Waals surface area contributed by atoms with Gasteiger partial charge in [-0.25, -0.2) is 4.39 Å². The second kappa shape index (κ2) is 11.2. The van der Waals surface area contributed by atoms with E-state index >= 15 is 4.39 Å². The molecule has 0 amide bonds. The number of methoxy groups -OCH3 is 1. The zero-order chi connectivity index (χ0) is 24.8. The summed E-state index contributed by atoms with van der Waals surface area (Å²) in [4.78, 5) is 12.3. The molecule has 35 heavy (non-hydrogen) atoms. The fraction of sp³-hybridized carbons (Fsp3) is 0.250. The number of fused-ring (bicyclic) bond motifs is 1. The molecule has 0 saturated heterocycles. The molecule has 1 aromatic heterocycles. The van der Waals surface area contributed by atoms with Gasteiger partial charge in [-0.1, -0.05) is 36.4 Å². The molecule has 0 radical (unpaired) electrons. The predicted octanol–water partition coefficient (Wildman–Crippen LogP) is 5.40. The minimum Gasteiger partial charge on any atom is -0.489 e. The summed E-state index contributed by atoms with van der Waals surface area (Å²) in [6.45, 7) is 2.43. The van der Waals surface area contributed by atoms with Gasteiger partial charge in [0.1, 0.15) is 29.9 Å². The van der Waals surface area contributed by atoms with Gasteiger partial charge in [-0.3, -0.25) is 4.79 Å². The van der Waals surface area contributed by atoms with E-state index in [1.165, 1.54) is 0 Å². The van der Waals surface area contributed by atoms with Gasteiger partial charge in [-0.2, -0.15) is 0 Å². The number of hydrogen-bond acceptors (Lipinski definition) is 6. The van der Waals surface area contributed by atoms with Gasteiger partial charge in [0.25, 0.3) is 0 Å². The van der Waals surface area contributed by atoms with E-state index in [0.29, 0.717) is 40.2 Å². The van der Waals surface area contributed by atoms with Crippen molar-refractivity contribution in [3.63, 3.8) is 0 Å². The van der Waals surface area contributed by atoms with Crippen LogP contribution in [0.1, 0.15) is 23.6 Å². The number of carbonyl (C=O) groups excluding carboxylic acids is 1. The zero-order valence-electron chi connectivity index (χ0n) is 19.8. The van der Waals surface area contributed by atoms with Crippen LogP contribution in [-0.2, 0) is 33.8 Å². The molecule has 0 aliphatic rings. The summed E-state index contributed by atoms with van der Waals surface area (Å²) in [5.41, 5.74) is 9.32. The number of hydrogen-bond donors (Lipinski definition) is 1. The Bertz CT molecular complexity index is 1320. The van der Waals surface area contributed by atoms with Crippen molar-refractivity contribution in [3.05, 3.63) is 89.4 Å². The van der Waals surface area contributed by atoms with Crippen LogP contribution < -0.4 is 10.5 Å². The number of nitrogens with two attached hydrogens (primary N) is 1. The highest BCUT2D eigenvalue weighted by Gasteiger charge is 2.17. The molecular weight excluding hydrogens is 449 g/mol. The van der Waals surface area contributed by atoms with E-state index in [1.807, 2.05) is 42.5 Å². The summed E-state index contributed by atoms with van der Waals surface area (Å²) in [6.07, 6.45) is 1.32. The highest BCUT2D eigenvalue weighted by atomic mass is 19.1. The van der Waals surface area contributed by atoms with Gasteiger partial charge in [0.15, 0.2) is 0 Å². The summed E-state index contributed by atoms with van der Waals surface area (Å²) in [5.74, 6) is -0.144. The monoisotopic (exact) mass is 477 g/mol. The summed E-state index contributed by atoms with van der Waals surface area (Å²) in [5, 5.41) is 0.836. The fourth-order valence-electron chi connectivity index (χ4n) is 4.01. The van der Waals surface area contributed by atoms with Crippen LogP contribution in [0.15, 0.2) is 71.3 Å². The van der Waals surface area contributed by atoms with Crippen molar-refractivity contribution in [2.45, 2.75) is 32.6 Å². The van der Waals surface area contributed by atoms with Gasteiger partial charge < -0.3 is 24.4 Å². The van der Waals surface area contributed by atoms with Gasteiger partial charge in [0.2, 0.25) is 0 Å². The van der Waals surface area contributed by atoms with Gasteiger partial charge in [-0.15, -0.1) is 0 Å². The van der Waals surface area contributed by atoms with Crippen LogP contribution in [-0.4, -0.2) is 25.8 Å². The number of carbonyl (C=O) groups is 1. The van der Waals surface area contributed by atoms with E-state index in [-0.39, 0.29) is 37.5 Å². The Morgan fingerprint density at radius 3 is 2.66 bits per heavy atom. The molecule has 0 aliphatic heterocycles. The van der Waals surface area contributed by atoms with Crippen molar-refractivity contribution in [1.82, 2.24) is 0 Å². The first kappa shape index (κ1) is 24.4. The van der Waals surface area contributed by atoms with Crippen LogP contribution in [0, 0.1) is 5.82 Å². The number of esters is 1. The molecule has 1 atom stereocenters. The van der Waals surface area contributed by atoms with Crippen molar-refractivity contribution in [2.75, 3.05) is 13.7 Å². The van der Waals surface area contributed by atoms with Crippen LogP contribution in [0.4, 0.5) is 4.39 Å². The van der Waals surface area contributed by atoms with Crippen molar-refractivity contribution >= 4 is 16.9 Å². The lowest BCUT2D eigenvalue weighted by Gasteiger charge is -2.15. The molecule has 0 spiro atoms. The average molecular weight is 478 g/mol. The Morgan fingerprint density at radius 1 is 1.06 bits per heavy atom. The molecule has 182 valence electrons. The van der Waals surface area contributed by atoms with Crippen LogP contribution in [0.2, 0.25) is 0 Å². The third-order valence-corrected chi connectivity index (χ3v) is 5.64. The van der Waals surface area contributed by atoms with E-state index in [9.17, 15) is 4.79 Å². The highest BCUT2D eigenvalue weighted by molar-refractivity contribution is 5.93. The number of ether oxygens (including phenoxy) is 3. The molecule has 1 heterocycles. The van der Waals surface area contributed by atoms with Crippen molar-refractivity contribution in [2.24, 2.45) is 5.73 Å². The Labute approximate surface area is 203 Å². The summed E-state index contributed by atoms with van der Waals surface area (Å²) in [7, 11) is 1.56. The number of rotatable bonds is 10. The summed E-state index contributed by atoms with van der Waals surface area (Å²) < 4.78 is 37.2. The molecule has 3 aromatic carbocycles. The molecule has 2 N–H and O–H groups in total. The van der Waals surface area contributed by atoms with Crippen LogP contribution >= 0.6 is 0 Å². The highest BCUT2D eigenvalue weighted by Crippen LogP contribution is 2.34. The lowest BCUT2D eigenvalue weighted by Crippen LogP contribution is -2.21. The smallest absolute Gasteiger partial charge is 0.310 e. The first-order chi connectivity index (χ1) is 17.0. The molecule has 6 nitrogen and oxygen atoms in total. The average Bonchev–Trinajstić information content (AvgIpc) is 3.32. The minimum atomic E-state index is -0.364. The molecule has 0 fully saturated rings. The number of benzene rings is 3. The van der Waals surface area contributed by atoms with E-state index in [0.717, 1.165) is 10.9 Å². The fourth-order valence-corrected chi connectivity index (χ4v) is 4.01. The molecule has 0 bridgehead atoms. The molecule has 4 aromatic rings. The Hall–Kier alpha value is -3.68. The quantitative estimate of drug-likeness (QED) is 0.308. The van der Waals surface area contributed by atoms with E-state index < -0.39 is 0 Å². The maximum absolute atomic E-state index is 15.1. The SMILES string of the molecule is COCC(C)OC(=O)Cc1ccccc1OCc1cc(-c2cccc(CN)c2F)c2occc2c1. The second-order valence-corrected chi connectivity index (χ2v) is 8.29. The van der Waals surface area contributed by atoms with Crippen molar-refractivity contribution < 1.29 is 27.8 Å². The number of furan rings is 1. The predicted molar refractivity (Wildman–Crippen MR) is 131 cm³/mol. The van der Waals surface area contributed by atoms with Crippen LogP contribution in [0.3, 0.4) is 0 Å². The first-order valence-corrected chi connectivity index (χ1v) is 11.4. The Balaban J connectivity index is 1.57. The maximum atomic E-state index is 15.1. The van der Waals surface area contributed by atoms with E-state index in [4.69, 9.17) is 24.4 Å². The summed E-state index contributed by atoms with van der Waals surface area (Å²) in [6, 6.07) is 18.1. The number of para-hydroxylation sites is 1. The topological polar surface area (TPSA) is 83.9 Å². The van der Waals surface area contributed by atoms with E-state index in [2.05, 4.69) is 0 Å². The largest absolute Gasteiger partial charge is 0.489 e. The molecule has 0 aliphatic carbocycles. The zero-order valence-corrected chi connectivity index (χ0v) is 19.8. The van der Waals surface area contributed by atoms with Crippen molar-refractivity contribution in [1.29, 1.82) is 0 Å². The Kier molecular flexibility index (Phi) is 7.80. The molecule has 4 rings (SSSR count). The second-order valence-electron chi connectivity index (χ2n) is 8.29. The van der Waals surface area contributed by atoms with Gasteiger partial charge in [-0.05, 0) is 36.8 Å². The van der Waals surface area contributed by atoms with Crippen LogP contribution in [0.25, 0.3) is 22.1 Å². The third-order valence-electron chi connectivity index (χ3n) is 5.64. The van der Waals surface area contributed by atoms with Gasteiger partial charge in [0.05, 0.1) is 19.3 Å². The summed E-state index contributed by atoms with van der Waals surface area (Å²) >= 11 is 0. The van der Waals surface area contributed by atoms with Gasteiger partial charge in [0, 0.05) is 41.3 Å². The molecule has 0 saturated carbocycles. The minimum absolute atomic E-state index is 0.0767. The lowest BCUT2D eigenvalue weighted by molar-refractivity contribution is -0.149. The molecular formula is C28H28FNO5. The molecule has 1 unspecified atom stereocenters. The Morgan fingerprint density at radius 2 is 1.86 bits per heavy atom. The normalized spacial score (nSPS) is 12.0. The standard InChI is InChI=1S/C28H28FNO5/c1-18(16-32-2)35-26(31)14-20-6-3-4-9-25(20)34-17-19-12-21-10-11-33-28(21)24(13-19)23-8-5-7-22(15-30)27(23)29/h3-13,18H,14-17,30H2,1-2H3. The molecule has 7 heteroatoms. The van der Waals surface area contributed by atoms with Crippen molar-refractivity contribution in [3.8, 4) is 16.9 Å². The van der Waals surface area contributed by atoms with Crippen LogP contribution in [0.5, 0.6) is 5.75 Å². The lowest BCUT2D eigenvalue weighted by atomic mass is 9.98. The van der Waals surface area contributed by atoms with Gasteiger partial charge >= 0.3 is 5.97 Å².